The first-order valence-electron chi connectivity index (χ1n) is 22.3. The summed E-state index contributed by atoms with van der Waals surface area (Å²) in [6.45, 7) is 68.9. The van der Waals surface area contributed by atoms with E-state index in [1.165, 1.54) is 5.25 Å². The Morgan fingerprint density at radius 1 is 0.429 bits per heavy atom. The SMILES string of the molecule is C/C(C[Se])=C(\C)[CH2][Ge]([c]1c(C(C)C)cc(C(C)C)cc1C(C)C)[c]1c(C([Si](C)(C)C)[Si](C)(C)C)cc(C([Si](C)(C)C)[Si](C)(C)C)cc1C([Si](C)(C)C)[Si](C)(C)C. The van der Waals surface area contributed by atoms with Crippen LogP contribution in [0.5, 0.6) is 0 Å². The van der Waals surface area contributed by atoms with Crippen molar-refractivity contribution >= 4 is 87.6 Å². The molecule has 0 atom stereocenters. The molecular formula is C48H92GeSeSi6. The molecule has 8 heteroatoms. The summed E-state index contributed by atoms with van der Waals surface area (Å²) in [6.07, 6.45) is 0. The molecule has 0 saturated heterocycles. The van der Waals surface area contributed by atoms with Gasteiger partial charge in [-0.05, 0) is 0 Å². The van der Waals surface area contributed by atoms with Crippen molar-refractivity contribution in [1.29, 1.82) is 0 Å². The van der Waals surface area contributed by atoms with Gasteiger partial charge in [-0.25, -0.2) is 0 Å². The number of hydrogen-bond donors (Lipinski definition) is 0. The summed E-state index contributed by atoms with van der Waals surface area (Å²) < 4.78 is 3.82. The molecule has 0 aromatic heterocycles. The molecule has 0 N–H and O–H groups in total. The van der Waals surface area contributed by atoms with Gasteiger partial charge < -0.3 is 0 Å². The monoisotopic (exact) mass is 990 g/mol. The Kier molecular flexibility index (Phi) is 17.8. The van der Waals surface area contributed by atoms with Crippen LogP contribution in [0, 0.1) is 0 Å². The number of allylic oxidation sites excluding steroid dienone is 2. The molecule has 0 amide bonds. The van der Waals surface area contributed by atoms with Crippen LogP contribution in [0.1, 0.15) is 122 Å². The normalized spacial score (nSPS) is 14.8. The van der Waals surface area contributed by atoms with Crippen LogP contribution < -0.4 is 8.79 Å². The van der Waals surface area contributed by atoms with Crippen molar-refractivity contribution < 1.29 is 0 Å². The van der Waals surface area contributed by atoms with Gasteiger partial charge in [0.15, 0.2) is 0 Å². The third-order valence-corrected chi connectivity index (χ3v) is 48.1. The Balaban J connectivity index is 3.82. The molecule has 0 fully saturated rings. The van der Waals surface area contributed by atoms with E-state index < -0.39 is 62.8 Å². The van der Waals surface area contributed by atoms with Crippen molar-refractivity contribution in [2.75, 3.05) is 0 Å². The first-order chi connectivity index (χ1) is 24.9. The first kappa shape index (κ1) is 52.7. The molecule has 2 rings (SSSR count). The summed E-state index contributed by atoms with van der Waals surface area (Å²) in [7, 11) is -9.89. The molecule has 2 aromatic rings. The van der Waals surface area contributed by atoms with Gasteiger partial charge in [0.25, 0.3) is 0 Å². The van der Waals surface area contributed by atoms with Crippen molar-refractivity contribution in [3.63, 3.8) is 0 Å². The second kappa shape index (κ2) is 18.9. The predicted octanol–water partition coefficient (Wildman–Crippen LogP) is 15.1. The third kappa shape index (κ3) is 12.8. The molecule has 0 bridgehead atoms. The molecular weight excluding hydrogens is 897 g/mol. The molecule has 0 nitrogen and oxygen atoms in total. The molecule has 2 radical (unpaired) electrons. The molecule has 56 heavy (non-hydrogen) atoms. The standard InChI is InChI=1S/C48H92GeSeSi6/c1-33(2)38-27-40(34(3)4)44(41(28-38)35(5)6)49(31-36(7)37(8)32-50)45-42(47(53(15,16)17)54(18,19)20)29-39(46(51(9,10)11)52(12,13)14)30-43(45)48(55(21,22)23)56(24,25)26/h27-30,33-35,46-48H,31-32H2,1-26H3/b37-36-. The second-order valence-electron chi connectivity index (χ2n) is 25.5. The van der Waals surface area contributed by atoms with Gasteiger partial charge in [0.1, 0.15) is 0 Å². The summed E-state index contributed by atoms with van der Waals surface area (Å²) >= 11 is 1.09. The Labute approximate surface area is 370 Å². The van der Waals surface area contributed by atoms with Crippen LogP contribution in [0.4, 0.5) is 0 Å². The van der Waals surface area contributed by atoms with Crippen LogP contribution in [0.3, 0.4) is 0 Å². The quantitative estimate of drug-likeness (QED) is 0.109. The van der Waals surface area contributed by atoms with Gasteiger partial charge in [-0.15, -0.1) is 0 Å². The average molecular weight is 989 g/mol. The van der Waals surface area contributed by atoms with Crippen molar-refractivity contribution in [3.8, 4) is 0 Å². The van der Waals surface area contributed by atoms with E-state index in [0.29, 0.717) is 28.1 Å². The fourth-order valence-electron chi connectivity index (χ4n) is 11.6. The molecule has 0 spiro atoms. The summed E-state index contributed by atoms with van der Waals surface area (Å²) in [5.41, 5.74) is 13.7. The van der Waals surface area contributed by atoms with E-state index in [1.807, 2.05) is 19.9 Å². The zero-order chi connectivity index (χ0) is 44.1. The van der Waals surface area contributed by atoms with E-state index in [-0.39, 0.29) is 0 Å². The van der Waals surface area contributed by atoms with E-state index in [1.54, 1.807) is 33.4 Å². The maximum absolute atomic E-state index is 3.43. The van der Waals surface area contributed by atoms with Crippen LogP contribution in [0.15, 0.2) is 35.4 Å². The van der Waals surface area contributed by atoms with Crippen LogP contribution >= 0.6 is 0 Å². The summed E-state index contributed by atoms with van der Waals surface area (Å²) in [6, 6.07) is 11.4. The fourth-order valence-corrected chi connectivity index (χ4v) is 59.8. The van der Waals surface area contributed by atoms with E-state index in [4.69, 9.17) is 0 Å². The summed E-state index contributed by atoms with van der Waals surface area (Å²) in [5.74, 6) is 1.52. The van der Waals surface area contributed by atoms with E-state index in [9.17, 15) is 0 Å². The molecule has 2 aromatic carbocycles. The summed E-state index contributed by atoms with van der Waals surface area (Å²) in [5, 5.41) is 4.46. The number of rotatable bonds is 17. The maximum atomic E-state index is 3.43. The van der Waals surface area contributed by atoms with E-state index in [0.717, 1.165) is 10.5 Å². The molecule has 0 heterocycles. The van der Waals surface area contributed by atoms with Gasteiger partial charge in [-0.2, -0.15) is 0 Å². The van der Waals surface area contributed by atoms with Crippen LogP contribution in [0.25, 0.3) is 0 Å². The zero-order valence-corrected chi connectivity index (χ0v) is 51.9. The van der Waals surface area contributed by atoms with Gasteiger partial charge in [0, 0.05) is 0 Å². The third-order valence-electron chi connectivity index (χ3n) is 12.5. The number of benzene rings is 2. The van der Waals surface area contributed by atoms with E-state index >= 15 is 0 Å². The topological polar surface area (TPSA) is 0 Å². The molecule has 0 aliphatic carbocycles. The fraction of sp³-hybridized carbons (Fsp3) is 0.708. The average Bonchev–Trinajstić information content (AvgIpc) is 2.94. The Bertz CT molecular complexity index is 1560. The molecule has 0 saturated carbocycles. The van der Waals surface area contributed by atoms with E-state index in [2.05, 4.69) is 214 Å². The molecule has 0 aliphatic heterocycles. The zero-order valence-electron chi connectivity index (χ0n) is 42.1. The van der Waals surface area contributed by atoms with Gasteiger partial charge in [-0.3, -0.25) is 0 Å². The Morgan fingerprint density at radius 2 is 0.714 bits per heavy atom. The van der Waals surface area contributed by atoms with Crippen molar-refractivity contribution in [3.05, 3.63) is 68.8 Å². The minimum absolute atomic E-state index is 0.498. The summed E-state index contributed by atoms with van der Waals surface area (Å²) in [4.78, 5) is 0. The van der Waals surface area contributed by atoms with Crippen molar-refractivity contribution in [1.82, 2.24) is 0 Å². The van der Waals surface area contributed by atoms with Gasteiger partial charge in [-0.1, -0.05) is 0 Å². The molecule has 0 aliphatic rings. The van der Waals surface area contributed by atoms with Crippen molar-refractivity contribution in [2.24, 2.45) is 0 Å². The molecule has 318 valence electrons. The minimum atomic E-state index is -2.34. The Morgan fingerprint density at radius 3 is 0.964 bits per heavy atom. The van der Waals surface area contributed by atoms with Gasteiger partial charge in [0.2, 0.25) is 0 Å². The van der Waals surface area contributed by atoms with Crippen molar-refractivity contribution in [2.45, 2.75) is 217 Å². The van der Waals surface area contributed by atoms with Crippen LogP contribution in [0.2, 0.25) is 128 Å². The van der Waals surface area contributed by atoms with Gasteiger partial charge in [0.05, 0.1) is 0 Å². The predicted molar refractivity (Wildman–Crippen MR) is 282 cm³/mol. The van der Waals surface area contributed by atoms with Crippen LogP contribution in [-0.4, -0.2) is 78.8 Å². The molecule has 0 unspecified atom stereocenters. The first-order valence-corrected chi connectivity index (χ1v) is 48.6. The van der Waals surface area contributed by atoms with Crippen LogP contribution in [-0.2, 0) is 0 Å². The number of hydrogen-bond acceptors (Lipinski definition) is 0. The Hall–Kier alpha value is 0.544. The second-order valence-corrected chi connectivity index (χ2v) is 64.5. The van der Waals surface area contributed by atoms with Gasteiger partial charge >= 0.3 is 373 Å².